The van der Waals surface area contributed by atoms with E-state index in [1.165, 1.54) is 0 Å². The van der Waals surface area contributed by atoms with Crippen LogP contribution in [0.25, 0.3) is 21.9 Å². The molecular formula is C21H19NO5. The molecule has 138 valence electrons. The Labute approximate surface area is 156 Å². The molecule has 27 heavy (non-hydrogen) atoms. The third-order valence-electron chi connectivity index (χ3n) is 4.73. The Morgan fingerprint density at radius 3 is 2.22 bits per heavy atom. The topological polar surface area (TPSA) is 66.9 Å². The van der Waals surface area contributed by atoms with Crippen molar-refractivity contribution in [2.75, 3.05) is 27.9 Å². The maximum absolute atomic E-state index is 13.2. The molecule has 1 aromatic heterocycles. The van der Waals surface area contributed by atoms with Gasteiger partial charge in [0.25, 0.3) is 0 Å². The van der Waals surface area contributed by atoms with Crippen molar-refractivity contribution in [1.29, 1.82) is 0 Å². The zero-order valence-corrected chi connectivity index (χ0v) is 15.6. The summed E-state index contributed by atoms with van der Waals surface area (Å²) in [5.41, 5.74) is 2.38. The molecular weight excluding hydrogens is 346 g/mol. The van der Waals surface area contributed by atoms with E-state index in [2.05, 4.69) is 4.98 Å². The summed E-state index contributed by atoms with van der Waals surface area (Å²) in [6.45, 7) is 2.37. The molecule has 2 aromatic carbocycles. The predicted octanol–water partition coefficient (Wildman–Crippen LogP) is 3.87. The number of rotatable bonds is 5. The van der Waals surface area contributed by atoms with E-state index in [-0.39, 0.29) is 5.78 Å². The number of pyridine rings is 1. The fourth-order valence-electron chi connectivity index (χ4n) is 3.57. The predicted molar refractivity (Wildman–Crippen MR) is 101 cm³/mol. The molecule has 0 N–H and O–H groups in total. The number of benzene rings is 2. The molecule has 0 amide bonds. The van der Waals surface area contributed by atoms with Gasteiger partial charge in [-0.2, -0.15) is 0 Å². The number of carbonyl (C=O) groups excluding carboxylic acids is 1. The van der Waals surface area contributed by atoms with Crippen LogP contribution in [0.2, 0.25) is 0 Å². The van der Waals surface area contributed by atoms with E-state index in [9.17, 15) is 4.79 Å². The molecule has 0 radical (unpaired) electrons. The van der Waals surface area contributed by atoms with Gasteiger partial charge in [0.2, 0.25) is 5.78 Å². The molecule has 0 saturated heterocycles. The lowest BCUT2D eigenvalue weighted by Crippen LogP contribution is -2.14. The van der Waals surface area contributed by atoms with E-state index in [0.29, 0.717) is 46.4 Å². The molecule has 6 nitrogen and oxygen atoms in total. The van der Waals surface area contributed by atoms with Gasteiger partial charge in [-0.25, -0.2) is 0 Å². The van der Waals surface area contributed by atoms with Crippen molar-refractivity contribution in [2.24, 2.45) is 0 Å². The summed E-state index contributed by atoms with van der Waals surface area (Å²) in [6.07, 6.45) is 1.63. The molecule has 0 unspecified atom stereocenters. The zero-order valence-electron chi connectivity index (χ0n) is 15.6. The van der Waals surface area contributed by atoms with Gasteiger partial charge in [0.05, 0.1) is 27.9 Å². The third-order valence-corrected chi connectivity index (χ3v) is 4.73. The average Bonchev–Trinajstić information content (AvgIpc) is 2.71. The first kappa shape index (κ1) is 17.1. The second-order valence-corrected chi connectivity index (χ2v) is 6.06. The van der Waals surface area contributed by atoms with Crippen molar-refractivity contribution >= 4 is 16.6 Å². The highest BCUT2D eigenvalue weighted by molar-refractivity contribution is 6.26. The van der Waals surface area contributed by atoms with Crippen LogP contribution in [0, 0.1) is 0 Å². The Kier molecular flexibility index (Phi) is 4.11. The maximum atomic E-state index is 13.2. The molecule has 6 heteroatoms. The molecule has 0 bridgehead atoms. The summed E-state index contributed by atoms with van der Waals surface area (Å²) in [6, 6.07) is 7.22. The van der Waals surface area contributed by atoms with E-state index in [0.717, 1.165) is 16.3 Å². The van der Waals surface area contributed by atoms with Crippen molar-refractivity contribution < 1.29 is 23.7 Å². The number of methoxy groups -OCH3 is 3. The normalized spacial score (nSPS) is 11.9. The fourth-order valence-corrected chi connectivity index (χ4v) is 3.57. The second kappa shape index (κ2) is 6.46. The van der Waals surface area contributed by atoms with Gasteiger partial charge in [0, 0.05) is 28.3 Å². The Morgan fingerprint density at radius 1 is 0.926 bits per heavy atom. The summed E-state index contributed by atoms with van der Waals surface area (Å²) in [4.78, 5) is 17.5. The maximum Gasteiger partial charge on any atom is 0.212 e. The molecule has 0 aliphatic heterocycles. The van der Waals surface area contributed by atoms with Crippen molar-refractivity contribution in [3.63, 3.8) is 0 Å². The van der Waals surface area contributed by atoms with Gasteiger partial charge in [-0.05, 0) is 36.6 Å². The standard InChI is InChI=1S/C21H19NO5/c1-5-27-21-16(26-4)8-11-6-7-22-19-17(11)18(21)12-9-14(24-2)15(25-3)10-13(12)20(19)23/h6-10H,5H2,1-4H3. The lowest BCUT2D eigenvalue weighted by atomic mass is 9.84. The number of aromatic nitrogens is 1. The summed E-state index contributed by atoms with van der Waals surface area (Å²) in [7, 11) is 4.70. The molecule has 0 saturated carbocycles. The highest BCUT2D eigenvalue weighted by Gasteiger charge is 2.32. The third kappa shape index (κ3) is 2.40. The van der Waals surface area contributed by atoms with Gasteiger partial charge in [-0.15, -0.1) is 0 Å². The number of hydrogen-bond donors (Lipinski definition) is 0. The van der Waals surface area contributed by atoms with Gasteiger partial charge < -0.3 is 18.9 Å². The van der Waals surface area contributed by atoms with E-state index in [1.807, 2.05) is 19.1 Å². The van der Waals surface area contributed by atoms with Crippen LogP contribution in [0.5, 0.6) is 23.0 Å². The number of ketones is 1. The molecule has 4 rings (SSSR count). The van der Waals surface area contributed by atoms with Gasteiger partial charge in [0.1, 0.15) is 5.69 Å². The highest BCUT2D eigenvalue weighted by atomic mass is 16.5. The number of carbonyl (C=O) groups is 1. The van der Waals surface area contributed by atoms with Gasteiger partial charge in [0.15, 0.2) is 23.0 Å². The van der Waals surface area contributed by atoms with E-state index >= 15 is 0 Å². The van der Waals surface area contributed by atoms with Crippen molar-refractivity contribution in [1.82, 2.24) is 4.98 Å². The lowest BCUT2D eigenvalue weighted by molar-refractivity contribution is 0.103. The zero-order chi connectivity index (χ0) is 19.1. The van der Waals surface area contributed by atoms with Crippen LogP contribution < -0.4 is 18.9 Å². The van der Waals surface area contributed by atoms with E-state index in [4.69, 9.17) is 18.9 Å². The molecule has 0 fully saturated rings. The Bertz CT molecular complexity index is 1070. The van der Waals surface area contributed by atoms with Crippen LogP contribution in [0.15, 0.2) is 30.5 Å². The molecule has 1 aliphatic rings. The van der Waals surface area contributed by atoms with Crippen LogP contribution in [0.4, 0.5) is 0 Å². The van der Waals surface area contributed by atoms with Crippen molar-refractivity contribution in [3.8, 4) is 34.1 Å². The minimum absolute atomic E-state index is 0.156. The summed E-state index contributed by atoms with van der Waals surface area (Å²) in [5, 5.41) is 1.62. The molecule has 0 spiro atoms. The highest BCUT2D eigenvalue weighted by Crippen LogP contribution is 2.50. The van der Waals surface area contributed by atoms with Crippen LogP contribution >= 0.6 is 0 Å². The molecule has 3 aromatic rings. The van der Waals surface area contributed by atoms with Gasteiger partial charge in [-0.3, -0.25) is 9.78 Å². The van der Waals surface area contributed by atoms with Crippen LogP contribution in [0.1, 0.15) is 23.0 Å². The van der Waals surface area contributed by atoms with E-state index < -0.39 is 0 Å². The number of hydrogen-bond acceptors (Lipinski definition) is 6. The summed E-state index contributed by atoms with van der Waals surface area (Å²) < 4.78 is 22.3. The second-order valence-electron chi connectivity index (χ2n) is 6.06. The number of ether oxygens (including phenoxy) is 4. The fraction of sp³-hybridized carbons (Fsp3) is 0.238. The SMILES string of the molecule is CCOc1c(OC)cc2ccnc3c2c1-c1cc(OC)c(OC)cc1C3=O. The first-order valence-electron chi connectivity index (χ1n) is 8.58. The Balaban J connectivity index is 2.19. The molecule has 1 aliphatic carbocycles. The average molecular weight is 365 g/mol. The van der Waals surface area contributed by atoms with Gasteiger partial charge in [-0.1, -0.05) is 0 Å². The minimum atomic E-state index is -0.156. The Hall–Kier alpha value is -3.28. The number of nitrogens with zero attached hydrogens (tertiary/aromatic N) is 1. The van der Waals surface area contributed by atoms with Crippen molar-refractivity contribution in [2.45, 2.75) is 6.92 Å². The first-order chi connectivity index (χ1) is 13.1. The molecule has 1 heterocycles. The Morgan fingerprint density at radius 2 is 1.59 bits per heavy atom. The largest absolute Gasteiger partial charge is 0.493 e. The molecule has 0 atom stereocenters. The van der Waals surface area contributed by atoms with Crippen molar-refractivity contribution in [3.05, 3.63) is 41.7 Å². The number of fused-ring (bicyclic) bond motifs is 2. The first-order valence-corrected chi connectivity index (χ1v) is 8.58. The van der Waals surface area contributed by atoms with Gasteiger partial charge >= 0.3 is 0 Å². The van der Waals surface area contributed by atoms with Crippen LogP contribution in [-0.4, -0.2) is 38.7 Å². The van der Waals surface area contributed by atoms with Crippen LogP contribution in [0.3, 0.4) is 0 Å². The quantitative estimate of drug-likeness (QED) is 0.535. The minimum Gasteiger partial charge on any atom is -0.493 e. The monoisotopic (exact) mass is 365 g/mol. The smallest absolute Gasteiger partial charge is 0.212 e. The van der Waals surface area contributed by atoms with E-state index in [1.54, 1.807) is 39.7 Å². The van der Waals surface area contributed by atoms with Crippen LogP contribution in [-0.2, 0) is 0 Å². The summed E-state index contributed by atoms with van der Waals surface area (Å²) >= 11 is 0. The lowest BCUT2D eigenvalue weighted by Gasteiger charge is -2.24. The summed E-state index contributed by atoms with van der Waals surface area (Å²) in [5.74, 6) is 2.06.